The second kappa shape index (κ2) is 7.54. The zero-order chi connectivity index (χ0) is 21.4. The molecule has 0 radical (unpaired) electrons. The van der Waals surface area contributed by atoms with Crippen LogP contribution in [0.3, 0.4) is 0 Å². The topological polar surface area (TPSA) is 73.3 Å². The van der Waals surface area contributed by atoms with Crippen LogP contribution in [0.15, 0.2) is 91.0 Å². The van der Waals surface area contributed by atoms with Crippen molar-refractivity contribution in [2.75, 3.05) is 0 Å². The molecule has 150 valence electrons. The van der Waals surface area contributed by atoms with Crippen LogP contribution in [-0.4, -0.2) is 20.5 Å². The van der Waals surface area contributed by atoms with Crippen molar-refractivity contribution >= 4 is 11.6 Å². The molecular formula is C26H20N4O. The summed E-state index contributed by atoms with van der Waals surface area (Å²) in [7, 11) is 0. The first-order chi connectivity index (χ1) is 15.1. The number of rotatable bonds is 4. The van der Waals surface area contributed by atoms with Crippen molar-refractivity contribution in [1.82, 2.24) is 14.6 Å². The SMILES string of the molecule is Cc1nc2cc(-c3ccccc3)c(-c3ccccc3)nn2c1-c1cccc(C(N)=O)c1. The molecule has 5 heteroatoms. The Balaban J connectivity index is 1.80. The van der Waals surface area contributed by atoms with Crippen molar-refractivity contribution < 1.29 is 4.79 Å². The van der Waals surface area contributed by atoms with Crippen molar-refractivity contribution in [2.24, 2.45) is 5.73 Å². The van der Waals surface area contributed by atoms with Crippen LogP contribution in [0.4, 0.5) is 0 Å². The maximum atomic E-state index is 11.7. The Kier molecular flexibility index (Phi) is 4.56. The van der Waals surface area contributed by atoms with Gasteiger partial charge >= 0.3 is 0 Å². The fourth-order valence-corrected chi connectivity index (χ4v) is 3.88. The van der Waals surface area contributed by atoms with Crippen LogP contribution in [-0.2, 0) is 0 Å². The van der Waals surface area contributed by atoms with Crippen LogP contribution in [0, 0.1) is 6.92 Å². The molecule has 5 nitrogen and oxygen atoms in total. The van der Waals surface area contributed by atoms with E-state index in [1.165, 1.54) is 0 Å². The average Bonchev–Trinajstić information content (AvgIpc) is 3.14. The highest BCUT2D eigenvalue weighted by atomic mass is 16.1. The van der Waals surface area contributed by atoms with Gasteiger partial charge in [-0.3, -0.25) is 4.79 Å². The standard InChI is InChI=1S/C26H20N4O/c1-17-25(20-13-8-14-21(15-20)26(27)31)30-23(28-17)16-22(18-9-4-2-5-10-18)24(29-30)19-11-6-3-7-12-19/h2-16H,1H3,(H2,27,31). The van der Waals surface area contributed by atoms with Crippen molar-refractivity contribution in [1.29, 1.82) is 0 Å². The number of carbonyl (C=O) groups excluding carboxylic acids is 1. The van der Waals surface area contributed by atoms with E-state index in [4.69, 9.17) is 15.8 Å². The van der Waals surface area contributed by atoms with E-state index in [2.05, 4.69) is 30.3 Å². The van der Waals surface area contributed by atoms with Gasteiger partial charge in [0.25, 0.3) is 0 Å². The van der Waals surface area contributed by atoms with E-state index in [0.717, 1.165) is 45.0 Å². The highest BCUT2D eigenvalue weighted by Crippen LogP contribution is 2.33. The van der Waals surface area contributed by atoms with Crippen LogP contribution in [0.5, 0.6) is 0 Å². The summed E-state index contributed by atoms with van der Waals surface area (Å²) >= 11 is 0. The Morgan fingerprint density at radius 2 is 1.45 bits per heavy atom. The maximum absolute atomic E-state index is 11.7. The Labute approximate surface area is 179 Å². The van der Waals surface area contributed by atoms with E-state index in [1.807, 2.05) is 60.0 Å². The number of aryl methyl sites for hydroxylation is 1. The second-order valence-corrected chi connectivity index (χ2v) is 7.40. The molecule has 5 rings (SSSR count). The summed E-state index contributed by atoms with van der Waals surface area (Å²) < 4.78 is 1.85. The van der Waals surface area contributed by atoms with Crippen LogP contribution in [0.25, 0.3) is 39.3 Å². The third-order valence-electron chi connectivity index (χ3n) is 5.33. The number of imidazole rings is 1. The molecule has 1 amide bonds. The fourth-order valence-electron chi connectivity index (χ4n) is 3.88. The molecule has 0 aliphatic rings. The molecule has 2 N–H and O–H groups in total. The minimum Gasteiger partial charge on any atom is -0.366 e. The summed E-state index contributed by atoms with van der Waals surface area (Å²) in [6.45, 7) is 1.95. The monoisotopic (exact) mass is 404 g/mol. The number of aromatic nitrogens is 3. The van der Waals surface area contributed by atoms with E-state index in [1.54, 1.807) is 12.1 Å². The molecule has 0 bridgehead atoms. The normalized spacial score (nSPS) is 11.0. The molecule has 0 saturated carbocycles. The van der Waals surface area contributed by atoms with Gasteiger partial charge in [0.15, 0.2) is 5.65 Å². The number of carbonyl (C=O) groups is 1. The molecule has 31 heavy (non-hydrogen) atoms. The van der Waals surface area contributed by atoms with Gasteiger partial charge in [-0.2, -0.15) is 5.10 Å². The van der Waals surface area contributed by atoms with Crippen LogP contribution in [0.1, 0.15) is 16.1 Å². The minimum atomic E-state index is -0.461. The highest BCUT2D eigenvalue weighted by molar-refractivity contribution is 5.94. The van der Waals surface area contributed by atoms with Crippen LogP contribution in [0.2, 0.25) is 0 Å². The molecule has 5 aromatic rings. The molecule has 0 atom stereocenters. The summed E-state index contributed by atoms with van der Waals surface area (Å²) in [6.07, 6.45) is 0. The van der Waals surface area contributed by atoms with Crippen molar-refractivity contribution in [3.05, 3.63) is 102 Å². The van der Waals surface area contributed by atoms with E-state index in [0.29, 0.717) is 5.56 Å². The third-order valence-corrected chi connectivity index (χ3v) is 5.33. The molecule has 0 spiro atoms. The average molecular weight is 404 g/mol. The zero-order valence-electron chi connectivity index (χ0n) is 17.0. The lowest BCUT2D eigenvalue weighted by molar-refractivity contribution is 0.100. The molecule has 0 saturated heterocycles. The highest BCUT2D eigenvalue weighted by Gasteiger charge is 2.18. The zero-order valence-corrected chi connectivity index (χ0v) is 17.0. The number of benzene rings is 3. The number of fused-ring (bicyclic) bond motifs is 1. The van der Waals surface area contributed by atoms with E-state index < -0.39 is 5.91 Å². The summed E-state index contributed by atoms with van der Waals surface area (Å²) in [5.74, 6) is -0.461. The lowest BCUT2D eigenvalue weighted by Crippen LogP contribution is -2.10. The molecule has 2 aromatic heterocycles. The van der Waals surface area contributed by atoms with Gasteiger partial charge in [-0.05, 0) is 30.7 Å². The predicted octanol–water partition coefficient (Wildman–Crippen LogP) is 5.14. The van der Waals surface area contributed by atoms with Crippen molar-refractivity contribution in [3.63, 3.8) is 0 Å². The van der Waals surface area contributed by atoms with Gasteiger partial charge in [0.05, 0.1) is 17.1 Å². The van der Waals surface area contributed by atoms with Gasteiger partial charge < -0.3 is 5.73 Å². The first kappa shape index (κ1) is 18.8. The molecule has 2 heterocycles. The van der Waals surface area contributed by atoms with E-state index in [-0.39, 0.29) is 0 Å². The van der Waals surface area contributed by atoms with Crippen LogP contribution < -0.4 is 5.73 Å². The second-order valence-electron chi connectivity index (χ2n) is 7.40. The summed E-state index contributed by atoms with van der Waals surface area (Å²) in [5, 5.41) is 5.03. The predicted molar refractivity (Wildman–Crippen MR) is 123 cm³/mol. The van der Waals surface area contributed by atoms with Crippen molar-refractivity contribution in [3.8, 4) is 33.6 Å². The Hall–Kier alpha value is -4.25. The first-order valence-electron chi connectivity index (χ1n) is 10.0. The number of nitrogens with two attached hydrogens (primary N) is 1. The van der Waals surface area contributed by atoms with Gasteiger partial charge in [-0.1, -0.05) is 72.8 Å². The largest absolute Gasteiger partial charge is 0.366 e. The number of primary amides is 1. The van der Waals surface area contributed by atoms with Crippen molar-refractivity contribution in [2.45, 2.75) is 6.92 Å². The number of hydrogen-bond acceptors (Lipinski definition) is 3. The minimum absolute atomic E-state index is 0.455. The van der Waals surface area contributed by atoms with Crippen LogP contribution >= 0.6 is 0 Å². The summed E-state index contributed by atoms with van der Waals surface area (Å²) in [6, 6.07) is 29.6. The Morgan fingerprint density at radius 1 is 0.806 bits per heavy atom. The van der Waals surface area contributed by atoms with Gasteiger partial charge in [0.1, 0.15) is 0 Å². The number of hydrogen-bond donors (Lipinski definition) is 1. The molecule has 0 aliphatic heterocycles. The molecule has 0 unspecified atom stereocenters. The molecular weight excluding hydrogens is 384 g/mol. The Bertz CT molecular complexity index is 1410. The lowest BCUT2D eigenvalue weighted by Gasteiger charge is -2.12. The smallest absolute Gasteiger partial charge is 0.248 e. The lowest BCUT2D eigenvalue weighted by atomic mass is 10.00. The maximum Gasteiger partial charge on any atom is 0.248 e. The van der Waals surface area contributed by atoms with Gasteiger partial charge in [-0.25, -0.2) is 9.50 Å². The number of nitrogens with zero attached hydrogens (tertiary/aromatic N) is 3. The summed E-state index contributed by atoms with van der Waals surface area (Å²) in [5.41, 5.74) is 13.2. The number of amides is 1. The van der Waals surface area contributed by atoms with E-state index in [9.17, 15) is 4.79 Å². The first-order valence-corrected chi connectivity index (χ1v) is 10.0. The quantitative estimate of drug-likeness (QED) is 0.451. The van der Waals surface area contributed by atoms with E-state index >= 15 is 0 Å². The Morgan fingerprint density at radius 3 is 2.13 bits per heavy atom. The third kappa shape index (κ3) is 3.36. The van der Waals surface area contributed by atoms with Gasteiger partial charge in [0.2, 0.25) is 5.91 Å². The molecule has 0 fully saturated rings. The molecule has 0 aliphatic carbocycles. The summed E-state index contributed by atoms with van der Waals surface area (Å²) in [4.78, 5) is 16.5. The molecule has 3 aromatic carbocycles. The van der Waals surface area contributed by atoms with Gasteiger partial charge in [0, 0.05) is 22.3 Å². The van der Waals surface area contributed by atoms with Gasteiger partial charge in [-0.15, -0.1) is 0 Å². The fraction of sp³-hybridized carbons (Fsp3) is 0.0385.